The first-order valence-corrected chi connectivity index (χ1v) is 8.16. The molecular weight excluding hydrogens is 294 g/mol. The molecule has 1 aliphatic rings. The van der Waals surface area contributed by atoms with Crippen LogP contribution in [0.15, 0.2) is 18.3 Å². The monoisotopic (exact) mass is 321 g/mol. The van der Waals surface area contributed by atoms with Crippen molar-refractivity contribution < 1.29 is 14.6 Å². The van der Waals surface area contributed by atoms with Crippen molar-refractivity contribution in [2.24, 2.45) is 5.92 Å². The van der Waals surface area contributed by atoms with Crippen LogP contribution in [0.1, 0.15) is 39.3 Å². The highest BCUT2D eigenvalue weighted by atomic mass is 16.6. The molecule has 1 aliphatic heterocycles. The topological polar surface area (TPSA) is 74.7 Å². The Hall–Kier alpha value is -1.82. The molecule has 1 aromatic heterocycles. The van der Waals surface area contributed by atoms with Gasteiger partial charge in [-0.3, -0.25) is 4.98 Å². The van der Waals surface area contributed by atoms with E-state index in [9.17, 15) is 9.90 Å². The van der Waals surface area contributed by atoms with E-state index in [2.05, 4.69) is 10.3 Å². The number of amides is 1. The minimum absolute atomic E-state index is 0.184. The van der Waals surface area contributed by atoms with Crippen molar-refractivity contribution >= 4 is 6.09 Å². The van der Waals surface area contributed by atoms with Gasteiger partial charge >= 0.3 is 6.09 Å². The number of nitrogens with one attached hydrogen (secondary N) is 1. The van der Waals surface area contributed by atoms with E-state index in [1.54, 1.807) is 11.0 Å². The van der Waals surface area contributed by atoms with Gasteiger partial charge in [0, 0.05) is 19.6 Å². The number of pyridine rings is 1. The van der Waals surface area contributed by atoms with Crippen LogP contribution in [0.5, 0.6) is 5.75 Å². The molecule has 23 heavy (non-hydrogen) atoms. The second-order valence-electron chi connectivity index (χ2n) is 7.05. The summed E-state index contributed by atoms with van der Waals surface area (Å²) in [6, 6.07) is 3.46. The number of hydrogen-bond donors (Lipinski definition) is 2. The Morgan fingerprint density at radius 2 is 2.09 bits per heavy atom. The van der Waals surface area contributed by atoms with Crippen molar-refractivity contribution in [2.75, 3.05) is 19.6 Å². The lowest BCUT2D eigenvalue weighted by Crippen LogP contribution is -2.43. The fraction of sp³-hybridized carbons (Fsp3) is 0.647. The van der Waals surface area contributed by atoms with Crippen LogP contribution in [0.4, 0.5) is 4.79 Å². The smallest absolute Gasteiger partial charge is 0.410 e. The molecule has 1 aromatic rings. The Morgan fingerprint density at radius 1 is 1.39 bits per heavy atom. The quantitative estimate of drug-likeness (QED) is 0.891. The summed E-state index contributed by atoms with van der Waals surface area (Å²) in [6.07, 6.45) is 3.21. The summed E-state index contributed by atoms with van der Waals surface area (Å²) >= 11 is 0. The van der Waals surface area contributed by atoms with Gasteiger partial charge in [-0.25, -0.2) is 4.79 Å². The number of carbonyl (C=O) groups excluding carboxylic acids is 1. The third-order valence-electron chi connectivity index (χ3n) is 3.81. The molecule has 0 atom stereocenters. The summed E-state index contributed by atoms with van der Waals surface area (Å²) in [4.78, 5) is 17.9. The van der Waals surface area contributed by atoms with Gasteiger partial charge in [0.15, 0.2) is 0 Å². The number of ether oxygens (including phenoxy) is 1. The van der Waals surface area contributed by atoms with Crippen molar-refractivity contribution in [3.8, 4) is 5.75 Å². The van der Waals surface area contributed by atoms with Crippen LogP contribution < -0.4 is 5.32 Å². The van der Waals surface area contributed by atoms with Gasteiger partial charge in [0.1, 0.15) is 11.4 Å². The Kier molecular flexibility index (Phi) is 5.82. The van der Waals surface area contributed by atoms with E-state index in [1.807, 2.05) is 26.8 Å². The number of likely N-dealkylation sites (tertiary alicyclic amines) is 1. The highest BCUT2D eigenvalue weighted by molar-refractivity contribution is 5.68. The maximum absolute atomic E-state index is 12.0. The van der Waals surface area contributed by atoms with Crippen LogP contribution in [0, 0.1) is 5.92 Å². The van der Waals surface area contributed by atoms with Gasteiger partial charge in [-0.15, -0.1) is 0 Å². The van der Waals surface area contributed by atoms with Gasteiger partial charge in [0.25, 0.3) is 0 Å². The van der Waals surface area contributed by atoms with Crippen molar-refractivity contribution in [2.45, 2.75) is 45.8 Å². The van der Waals surface area contributed by atoms with Gasteiger partial charge in [-0.1, -0.05) is 0 Å². The third-order valence-corrected chi connectivity index (χ3v) is 3.81. The summed E-state index contributed by atoms with van der Waals surface area (Å²) in [5, 5.41) is 12.6. The highest BCUT2D eigenvalue weighted by Gasteiger charge is 2.26. The Morgan fingerprint density at radius 3 is 2.65 bits per heavy atom. The van der Waals surface area contributed by atoms with Crippen LogP contribution in [0.2, 0.25) is 0 Å². The van der Waals surface area contributed by atoms with Gasteiger partial charge in [0.05, 0.1) is 11.9 Å². The van der Waals surface area contributed by atoms with Crippen molar-refractivity contribution in [3.05, 3.63) is 24.0 Å². The van der Waals surface area contributed by atoms with E-state index < -0.39 is 5.60 Å². The number of rotatable bonds is 4. The Labute approximate surface area is 137 Å². The van der Waals surface area contributed by atoms with Crippen LogP contribution >= 0.6 is 0 Å². The molecule has 6 heteroatoms. The zero-order chi connectivity index (χ0) is 16.9. The molecule has 6 nitrogen and oxygen atoms in total. The third kappa shape index (κ3) is 6.06. The van der Waals surface area contributed by atoms with E-state index in [-0.39, 0.29) is 11.8 Å². The van der Waals surface area contributed by atoms with Crippen molar-refractivity contribution in [1.29, 1.82) is 0 Å². The lowest BCUT2D eigenvalue weighted by molar-refractivity contribution is 0.0184. The molecule has 1 saturated heterocycles. The first-order valence-electron chi connectivity index (χ1n) is 8.16. The number of aromatic nitrogens is 1. The Balaban J connectivity index is 1.66. The predicted molar refractivity (Wildman–Crippen MR) is 88.1 cm³/mol. The summed E-state index contributed by atoms with van der Waals surface area (Å²) in [6.45, 7) is 8.76. The lowest BCUT2D eigenvalue weighted by Gasteiger charge is -2.33. The molecule has 0 aliphatic carbocycles. The summed E-state index contributed by atoms with van der Waals surface area (Å²) in [7, 11) is 0. The van der Waals surface area contributed by atoms with E-state index in [4.69, 9.17) is 4.74 Å². The zero-order valence-electron chi connectivity index (χ0n) is 14.2. The minimum Gasteiger partial charge on any atom is -0.506 e. The van der Waals surface area contributed by atoms with E-state index in [1.165, 1.54) is 6.20 Å². The van der Waals surface area contributed by atoms with Crippen LogP contribution in [0.25, 0.3) is 0 Å². The van der Waals surface area contributed by atoms with Gasteiger partial charge < -0.3 is 20.1 Å². The van der Waals surface area contributed by atoms with E-state index >= 15 is 0 Å². The molecule has 1 fully saturated rings. The first-order chi connectivity index (χ1) is 10.8. The zero-order valence-corrected chi connectivity index (χ0v) is 14.2. The van der Waals surface area contributed by atoms with Gasteiger partial charge in [0.2, 0.25) is 0 Å². The van der Waals surface area contributed by atoms with E-state index in [0.29, 0.717) is 12.5 Å². The number of hydrogen-bond acceptors (Lipinski definition) is 5. The van der Waals surface area contributed by atoms with Gasteiger partial charge in [-0.2, -0.15) is 0 Å². The second kappa shape index (κ2) is 7.64. The predicted octanol–water partition coefficient (Wildman–Crippen LogP) is 2.52. The van der Waals surface area contributed by atoms with Crippen LogP contribution in [-0.2, 0) is 11.3 Å². The molecule has 0 radical (unpaired) electrons. The van der Waals surface area contributed by atoms with Crippen LogP contribution in [0.3, 0.4) is 0 Å². The highest BCUT2D eigenvalue weighted by Crippen LogP contribution is 2.19. The van der Waals surface area contributed by atoms with Crippen molar-refractivity contribution in [1.82, 2.24) is 15.2 Å². The Bertz CT molecular complexity index is 503. The molecular formula is C17H27N3O3. The molecule has 128 valence electrons. The number of aromatic hydroxyl groups is 1. The number of nitrogens with zero attached hydrogens (tertiary/aromatic N) is 2. The molecule has 0 unspecified atom stereocenters. The maximum Gasteiger partial charge on any atom is 0.410 e. The molecule has 0 saturated carbocycles. The molecule has 0 aromatic carbocycles. The fourth-order valence-electron chi connectivity index (χ4n) is 2.57. The maximum atomic E-state index is 12.0. The number of carbonyl (C=O) groups is 1. The van der Waals surface area contributed by atoms with Crippen LogP contribution in [-0.4, -0.2) is 46.3 Å². The SMILES string of the molecule is CC(C)(C)OC(=O)N1CCC(CNCc2ccc(O)cn2)CC1. The first kappa shape index (κ1) is 17.5. The summed E-state index contributed by atoms with van der Waals surface area (Å²) in [5.41, 5.74) is 0.473. The summed E-state index contributed by atoms with van der Waals surface area (Å²) in [5.74, 6) is 0.745. The molecule has 2 rings (SSSR count). The fourth-order valence-corrected chi connectivity index (χ4v) is 2.57. The normalized spacial score (nSPS) is 16.4. The molecule has 0 bridgehead atoms. The lowest BCUT2D eigenvalue weighted by atomic mass is 9.97. The molecule has 1 amide bonds. The molecule has 0 spiro atoms. The van der Waals surface area contributed by atoms with E-state index in [0.717, 1.165) is 38.2 Å². The molecule has 2 N–H and O–H groups in total. The van der Waals surface area contributed by atoms with Crippen molar-refractivity contribution in [3.63, 3.8) is 0 Å². The largest absolute Gasteiger partial charge is 0.506 e. The second-order valence-corrected chi connectivity index (χ2v) is 7.05. The minimum atomic E-state index is -0.438. The van der Waals surface area contributed by atoms with Gasteiger partial charge in [-0.05, 0) is 58.2 Å². The average Bonchev–Trinajstić information content (AvgIpc) is 2.48. The summed E-state index contributed by atoms with van der Waals surface area (Å²) < 4.78 is 5.40. The number of piperidine rings is 1. The molecule has 2 heterocycles. The standard InChI is InChI=1S/C17H27N3O3/c1-17(2,3)23-16(22)20-8-6-13(7-9-20)10-18-11-14-4-5-15(21)12-19-14/h4-5,12-13,18,21H,6-11H2,1-3H3. The average molecular weight is 321 g/mol.